The van der Waals surface area contributed by atoms with Crippen molar-refractivity contribution in [2.24, 2.45) is 5.92 Å². The molecule has 34 heavy (non-hydrogen) atoms. The highest BCUT2D eigenvalue weighted by Gasteiger charge is 2.41. The van der Waals surface area contributed by atoms with Gasteiger partial charge in [-0.05, 0) is 25.3 Å². The summed E-state index contributed by atoms with van der Waals surface area (Å²) in [5.41, 5.74) is 0.0132. The third-order valence-electron chi connectivity index (χ3n) is 5.85. The summed E-state index contributed by atoms with van der Waals surface area (Å²) in [4.78, 5) is 28.8. The molecule has 0 unspecified atom stereocenters. The second-order valence-electron chi connectivity index (χ2n) is 8.58. The SMILES string of the molecule is COC[C@H]1C[C@@H](N(C(=O)NCc2ccc(OC(F)(F)F)cc2F)C2CC2)CN(C(=O)CCO)C1. The van der Waals surface area contributed by atoms with Gasteiger partial charge in [-0.25, -0.2) is 9.18 Å². The molecule has 2 aliphatic rings. The van der Waals surface area contributed by atoms with Gasteiger partial charge in [-0.15, -0.1) is 13.2 Å². The average molecular weight is 491 g/mol. The summed E-state index contributed by atoms with van der Waals surface area (Å²) in [5.74, 6) is -1.80. The minimum absolute atomic E-state index is 0.00459. The Kier molecular flexibility index (Phi) is 8.58. The number of carbonyl (C=O) groups is 2. The van der Waals surface area contributed by atoms with E-state index < -0.39 is 24.0 Å². The highest BCUT2D eigenvalue weighted by molar-refractivity contribution is 5.77. The lowest BCUT2D eigenvalue weighted by Gasteiger charge is -2.43. The van der Waals surface area contributed by atoms with Gasteiger partial charge in [-0.1, -0.05) is 6.07 Å². The second-order valence-corrected chi connectivity index (χ2v) is 8.58. The molecule has 0 bridgehead atoms. The quantitative estimate of drug-likeness (QED) is 0.519. The number of likely N-dealkylation sites (tertiary alicyclic amines) is 1. The van der Waals surface area contributed by atoms with Crippen molar-refractivity contribution in [2.75, 3.05) is 33.4 Å². The van der Waals surface area contributed by atoms with E-state index in [4.69, 9.17) is 9.84 Å². The van der Waals surface area contributed by atoms with Gasteiger partial charge in [-0.2, -0.15) is 0 Å². The molecule has 1 saturated carbocycles. The molecule has 0 radical (unpaired) electrons. The van der Waals surface area contributed by atoms with Crippen molar-refractivity contribution in [3.63, 3.8) is 0 Å². The maximum absolute atomic E-state index is 14.3. The van der Waals surface area contributed by atoms with Crippen molar-refractivity contribution < 1.29 is 41.7 Å². The zero-order chi connectivity index (χ0) is 24.9. The Hall–Kier alpha value is -2.60. The standard InChI is InChI=1S/C22H29F4N3O5/c1-33-13-14-8-17(12-28(11-14)20(31)6-7-30)29(16-3-4-16)21(32)27-10-15-2-5-18(9-19(15)23)34-22(24,25)26/h2,5,9,14,16-17,30H,3-4,6-8,10-13H2,1H3,(H,27,32)/t14-,17+/m0/s1. The number of hydrogen-bond acceptors (Lipinski definition) is 5. The molecular weight excluding hydrogens is 462 g/mol. The molecular formula is C22H29F4N3O5. The average Bonchev–Trinajstić information content (AvgIpc) is 3.57. The zero-order valence-electron chi connectivity index (χ0n) is 18.8. The van der Waals surface area contributed by atoms with E-state index in [-0.39, 0.29) is 49.0 Å². The fourth-order valence-electron chi connectivity index (χ4n) is 4.30. The van der Waals surface area contributed by atoms with Crippen molar-refractivity contribution in [2.45, 2.75) is 50.7 Å². The Balaban J connectivity index is 1.67. The summed E-state index contributed by atoms with van der Waals surface area (Å²) in [6, 6.07) is 2.01. The Morgan fingerprint density at radius 1 is 1.24 bits per heavy atom. The van der Waals surface area contributed by atoms with Crippen LogP contribution in [-0.4, -0.2) is 78.7 Å². The summed E-state index contributed by atoms with van der Waals surface area (Å²) in [6.45, 7) is 0.723. The van der Waals surface area contributed by atoms with Gasteiger partial charge in [-0.3, -0.25) is 4.79 Å². The number of carbonyl (C=O) groups excluding carboxylic acids is 2. The number of nitrogens with one attached hydrogen (secondary N) is 1. The van der Waals surface area contributed by atoms with Crippen molar-refractivity contribution in [3.8, 4) is 5.75 Å². The van der Waals surface area contributed by atoms with Crippen LogP contribution in [0.3, 0.4) is 0 Å². The smallest absolute Gasteiger partial charge is 0.406 e. The number of aliphatic hydroxyl groups excluding tert-OH is 1. The Bertz CT molecular complexity index is 865. The van der Waals surface area contributed by atoms with Crippen LogP contribution >= 0.6 is 0 Å². The molecule has 3 amide bonds. The molecule has 190 valence electrons. The van der Waals surface area contributed by atoms with Crippen molar-refractivity contribution in [3.05, 3.63) is 29.6 Å². The van der Waals surface area contributed by atoms with Gasteiger partial charge >= 0.3 is 12.4 Å². The summed E-state index contributed by atoms with van der Waals surface area (Å²) < 4.78 is 60.2. The van der Waals surface area contributed by atoms with E-state index in [2.05, 4.69) is 10.1 Å². The predicted molar refractivity (Wildman–Crippen MR) is 112 cm³/mol. The van der Waals surface area contributed by atoms with Crippen LogP contribution in [0.5, 0.6) is 5.75 Å². The minimum Gasteiger partial charge on any atom is -0.406 e. The van der Waals surface area contributed by atoms with Crippen molar-refractivity contribution >= 4 is 11.9 Å². The molecule has 1 saturated heterocycles. The lowest BCUT2D eigenvalue weighted by atomic mass is 9.93. The maximum atomic E-state index is 14.3. The molecule has 1 aliphatic heterocycles. The van der Waals surface area contributed by atoms with Gasteiger partial charge in [0.05, 0.1) is 19.3 Å². The lowest BCUT2D eigenvalue weighted by Crippen LogP contribution is -2.57. The van der Waals surface area contributed by atoms with Crippen LogP contribution in [0.4, 0.5) is 22.4 Å². The number of rotatable bonds is 9. The highest BCUT2D eigenvalue weighted by atomic mass is 19.4. The largest absolute Gasteiger partial charge is 0.573 e. The van der Waals surface area contributed by atoms with E-state index in [1.165, 1.54) is 0 Å². The first kappa shape index (κ1) is 26.0. The predicted octanol–water partition coefficient (Wildman–Crippen LogP) is 2.64. The molecule has 2 atom stereocenters. The monoisotopic (exact) mass is 491 g/mol. The maximum Gasteiger partial charge on any atom is 0.573 e. The second kappa shape index (κ2) is 11.2. The number of benzene rings is 1. The number of alkyl halides is 3. The fraction of sp³-hybridized carbons (Fsp3) is 0.636. The van der Waals surface area contributed by atoms with Crippen LogP contribution in [-0.2, 0) is 16.1 Å². The van der Waals surface area contributed by atoms with Crippen LogP contribution in [0.1, 0.15) is 31.2 Å². The summed E-state index contributed by atoms with van der Waals surface area (Å²) >= 11 is 0. The van der Waals surface area contributed by atoms with Gasteiger partial charge < -0.3 is 29.7 Å². The number of piperidine rings is 1. The van der Waals surface area contributed by atoms with Crippen LogP contribution < -0.4 is 10.1 Å². The highest BCUT2D eigenvalue weighted by Crippen LogP contribution is 2.33. The van der Waals surface area contributed by atoms with E-state index >= 15 is 0 Å². The summed E-state index contributed by atoms with van der Waals surface area (Å²) in [5, 5.41) is 11.8. The molecule has 1 aromatic rings. The lowest BCUT2D eigenvalue weighted by molar-refractivity contribution is -0.274. The molecule has 8 nitrogen and oxygen atoms in total. The molecule has 1 heterocycles. The fourth-order valence-corrected chi connectivity index (χ4v) is 4.30. The van der Waals surface area contributed by atoms with E-state index in [0.717, 1.165) is 25.0 Å². The molecule has 2 N–H and O–H groups in total. The summed E-state index contributed by atoms with van der Waals surface area (Å²) in [6.07, 6.45) is -2.70. The van der Waals surface area contributed by atoms with Crippen LogP contribution in [0.25, 0.3) is 0 Å². The van der Waals surface area contributed by atoms with Gasteiger partial charge in [0.15, 0.2) is 0 Å². The molecule has 0 aromatic heterocycles. The number of hydrogen-bond donors (Lipinski definition) is 2. The molecule has 0 spiro atoms. The van der Waals surface area contributed by atoms with Crippen LogP contribution in [0.15, 0.2) is 18.2 Å². The zero-order valence-corrected chi connectivity index (χ0v) is 18.8. The number of nitrogens with zero attached hydrogens (tertiary/aromatic N) is 2. The van der Waals surface area contributed by atoms with E-state index in [1.807, 2.05) is 0 Å². The van der Waals surface area contributed by atoms with Gasteiger partial charge in [0.2, 0.25) is 5.91 Å². The number of methoxy groups -OCH3 is 1. The normalized spacial score (nSPS) is 20.7. The van der Waals surface area contributed by atoms with E-state index in [1.54, 1.807) is 16.9 Å². The third-order valence-corrected chi connectivity index (χ3v) is 5.85. The first-order chi connectivity index (χ1) is 16.1. The van der Waals surface area contributed by atoms with Gasteiger partial charge in [0.1, 0.15) is 11.6 Å². The number of urea groups is 1. The van der Waals surface area contributed by atoms with E-state index in [9.17, 15) is 27.2 Å². The number of aliphatic hydroxyl groups is 1. The molecule has 2 fully saturated rings. The van der Waals surface area contributed by atoms with Crippen LogP contribution in [0.2, 0.25) is 0 Å². The van der Waals surface area contributed by atoms with Gasteiger partial charge in [0, 0.05) is 56.8 Å². The molecule has 3 rings (SSSR count). The summed E-state index contributed by atoms with van der Waals surface area (Å²) in [7, 11) is 1.56. The van der Waals surface area contributed by atoms with Gasteiger partial charge in [0.25, 0.3) is 0 Å². The molecule has 1 aromatic carbocycles. The minimum atomic E-state index is -4.93. The Morgan fingerprint density at radius 3 is 2.56 bits per heavy atom. The van der Waals surface area contributed by atoms with Crippen LogP contribution in [0, 0.1) is 11.7 Å². The molecule has 12 heteroatoms. The number of amides is 3. The van der Waals surface area contributed by atoms with Crippen molar-refractivity contribution in [1.82, 2.24) is 15.1 Å². The topological polar surface area (TPSA) is 91.3 Å². The van der Waals surface area contributed by atoms with E-state index in [0.29, 0.717) is 32.2 Å². The number of ether oxygens (including phenoxy) is 2. The Morgan fingerprint density at radius 2 is 1.97 bits per heavy atom. The first-order valence-electron chi connectivity index (χ1n) is 11.1. The first-order valence-corrected chi connectivity index (χ1v) is 11.1. The molecule has 1 aliphatic carbocycles. The third kappa shape index (κ3) is 7.20. The number of halogens is 4. The van der Waals surface area contributed by atoms with Crippen molar-refractivity contribution in [1.29, 1.82) is 0 Å². The Labute approximate surface area is 194 Å².